The molecule has 3 rings (SSSR count). The van der Waals surface area contributed by atoms with Crippen molar-refractivity contribution in [3.63, 3.8) is 0 Å². The number of hydrogen-bond donors (Lipinski definition) is 0. The molecule has 0 radical (unpaired) electrons. The monoisotopic (exact) mass is 436 g/mol. The number of likely N-dealkylation sites (N-methyl/N-ethyl adjacent to an activating group) is 1. The Kier molecular flexibility index (Phi) is 5.41. The van der Waals surface area contributed by atoms with Crippen LogP contribution in [0, 0.1) is 0 Å². The van der Waals surface area contributed by atoms with Gasteiger partial charge in [-0.25, -0.2) is 12.4 Å². The van der Waals surface area contributed by atoms with Crippen LogP contribution in [0.25, 0.3) is 10.9 Å². The lowest BCUT2D eigenvalue weighted by Crippen LogP contribution is -2.15. The van der Waals surface area contributed by atoms with Crippen molar-refractivity contribution in [3.05, 3.63) is 58.7 Å². The molecule has 0 atom stereocenters. The molecule has 3 aromatic rings. The van der Waals surface area contributed by atoms with Gasteiger partial charge < -0.3 is 9.64 Å². The molecule has 1 aromatic heterocycles. The Morgan fingerprint density at radius 3 is 2.54 bits per heavy atom. The molecule has 0 spiro atoms. The quantitative estimate of drug-likeness (QED) is 0.590. The molecule has 7 heteroatoms. The maximum atomic E-state index is 13.3. The molecule has 138 valence electrons. The van der Waals surface area contributed by atoms with E-state index < -0.39 is 10.0 Å². The number of ether oxygens (including phenoxy) is 1. The van der Waals surface area contributed by atoms with Crippen LogP contribution >= 0.6 is 15.9 Å². The molecule has 0 bridgehead atoms. The summed E-state index contributed by atoms with van der Waals surface area (Å²) in [6, 6.07) is 12.3. The second-order valence-corrected chi connectivity index (χ2v) is 8.96. The van der Waals surface area contributed by atoms with Crippen LogP contribution in [0.15, 0.2) is 58.0 Å². The zero-order chi connectivity index (χ0) is 18.9. The standard InChI is InChI=1S/C19H21BrN2O3S/c1-21(2)11-10-14-13-22(18-9-8-15(25-3)12-16(14)18)26(23,24)19-7-5-4-6-17(19)20/h4-9,12-13H,10-11H2,1-3H3. The molecule has 0 aliphatic heterocycles. The predicted molar refractivity (Wildman–Crippen MR) is 107 cm³/mol. The summed E-state index contributed by atoms with van der Waals surface area (Å²) in [7, 11) is 1.88. The van der Waals surface area contributed by atoms with E-state index in [2.05, 4.69) is 20.8 Å². The summed E-state index contributed by atoms with van der Waals surface area (Å²) in [5.41, 5.74) is 1.62. The third-order valence-electron chi connectivity index (χ3n) is 4.26. The van der Waals surface area contributed by atoms with Gasteiger partial charge in [0.15, 0.2) is 0 Å². The van der Waals surface area contributed by atoms with Gasteiger partial charge >= 0.3 is 0 Å². The van der Waals surface area contributed by atoms with E-state index in [4.69, 9.17) is 4.74 Å². The van der Waals surface area contributed by atoms with Crippen LogP contribution in [0.3, 0.4) is 0 Å². The molecule has 0 aliphatic rings. The molecule has 1 heterocycles. The maximum Gasteiger partial charge on any atom is 0.269 e. The average molecular weight is 437 g/mol. The van der Waals surface area contributed by atoms with Gasteiger partial charge in [-0.3, -0.25) is 0 Å². The van der Waals surface area contributed by atoms with Crippen molar-refractivity contribution in [1.29, 1.82) is 0 Å². The predicted octanol–water partition coefficient (Wildman–Crippen LogP) is 3.75. The Bertz CT molecular complexity index is 1040. The van der Waals surface area contributed by atoms with Gasteiger partial charge in [-0.15, -0.1) is 0 Å². The topological polar surface area (TPSA) is 51.5 Å². The summed E-state index contributed by atoms with van der Waals surface area (Å²) in [5, 5.41) is 0.891. The van der Waals surface area contributed by atoms with Crippen molar-refractivity contribution in [3.8, 4) is 5.75 Å². The van der Waals surface area contributed by atoms with E-state index in [1.807, 2.05) is 20.2 Å². The lowest BCUT2D eigenvalue weighted by molar-refractivity contribution is 0.413. The molecule has 5 nitrogen and oxygen atoms in total. The molecule has 0 unspecified atom stereocenters. The van der Waals surface area contributed by atoms with Gasteiger partial charge in [-0.05, 0) is 72.3 Å². The molecule has 2 aromatic carbocycles. The van der Waals surface area contributed by atoms with Gasteiger partial charge in [0.1, 0.15) is 10.6 Å². The Balaban J connectivity index is 2.21. The van der Waals surface area contributed by atoms with Gasteiger partial charge in [-0.1, -0.05) is 12.1 Å². The Morgan fingerprint density at radius 2 is 1.88 bits per heavy atom. The second kappa shape index (κ2) is 7.42. The van der Waals surface area contributed by atoms with Crippen molar-refractivity contribution < 1.29 is 13.2 Å². The van der Waals surface area contributed by atoms with Crippen LogP contribution in [0.2, 0.25) is 0 Å². The van der Waals surface area contributed by atoms with Crippen LogP contribution in [0.5, 0.6) is 5.75 Å². The molecular formula is C19H21BrN2O3S. The van der Waals surface area contributed by atoms with Crippen molar-refractivity contribution in [2.24, 2.45) is 0 Å². The van der Waals surface area contributed by atoms with E-state index >= 15 is 0 Å². The summed E-state index contributed by atoms with van der Waals surface area (Å²) < 4.78 is 33.8. The summed E-state index contributed by atoms with van der Waals surface area (Å²) in [5.74, 6) is 0.708. The lowest BCUT2D eigenvalue weighted by Gasteiger charge is -2.09. The number of hydrogen-bond acceptors (Lipinski definition) is 4. The highest BCUT2D eigenvalue weighted by atomic mass is 79.9. The van der Waals surface area contributed by atoms with Gasteiger partial charge in [0.2, 0.25) is 0 Å². The number of fused-ring (bicyclic) bond motifs is 1. The Morgan fingerprint density at radius 1 is 1.15 bits per heavy atom. The smallest absolute Gasteiger partial charge is 0.269 e. The van der Waals surface area contributed by atoms with Crippen molar-refractivity contribution in [2.75, 3.05) is 27.7 Å². The Labute approximate surface area is 162 Å². The highest BCUT2D eigenvalue weighted by Crippen LogP contribution is 2.31. The normalized spacial score (nSPS) is 12.0. The van der Waals surface area contributed by atoms with Crippen LogP contribution < -0.4 is 4.74 Å². The fraction of sp³-hybridized carbons (Fsp3) is 0.263. The molecule has 0 saturated carbocycles. The first kappa shape index (κ1) is 18.9. The molecule has 0 N–H and O–H groups in total. The van der Waals surface area contributed by atoms with Crippen LogP contribution in [0.4, 0.5) is 0 Å². The third kappa shape index (κ3) is 3.51. The minimum atomic E-state index is -3.72. The largest absolute Gasteiger partial charge is 0.497 e. The molecule has 0 aliphatic carbocycles. The fourth-order valence-corrected chi connectivity index (χ4v) is 5.23. The van der Waals surface area contributed by atoms with Crippen LogP contribution in [0.1, 0.15) is 5.56 Å². The minimum Gasteiger partial charge on any atom is -0.497 e. The highest BCUT2D eigenvalue weighted by molar-refractivity contribution is 9.10. The number of methoxy groups -OCH3 is 1. The number of benzene rings is 2. The first-order valence-electron chi connectivity index (χ1n) is 8.17. The highest BCUT2D eigenvalue weighted by Gasteiger charge is 2.23. The van der Waals surface area contributed by atoms with Gasteiger partial charge in [0.25, 0.3) is 10.0 Å². The minimum absolute atomic E-state index is 0.242. The maximum absolute atomic E-state index is 13.3. The van der Waals surface area contributed by atoms with E-state index in [0.717, 1.165) is 23.9 Å². The molecule has 0 saturated heterocycles. The summed E-state index contributed by atoms with van der Waals surface area (Å²) in [6.45, 7) is 0.825. The fourth-order valence-electron chi connectivity index (χ4n) is 2.87. The summed E-state index contributed by atoms with van der Waals surface area (Å²) in [6.07, 6.45) is 2.47. The van der Waals surface area contributed by atoms with E-state index in [1.165, 1.54) is 3.97 Å². The molecule has 26 heavy (non-hydrogen) atoms. The average Bonchev–Trinajstić information content (AvgIpc) is 2.98. The number of nitrogens with zero attached hydrogens (tertiary/aromatic N) is 2. The molecular weight excluding hydrogens is 416 g/mol. The number of rotatable bonds is 6. The van der Waals surface area contributed by atoms with Gasteiger partial charge in [0, 0.05) is 22.6 Å². The van der Waals surface area contributed by atoms with Crippen LogP contribution in [-0.2, 0) is 16.4 Å². The number of halogens is 1. The van der Waals surface area contributed by atoms with Crippen LogP contribution in [-0.4, -0.2) is 45.0 Å². The first-order chi connectivity index (χ1) is 12.3. The molecule has 0 amide bonds. The van der Waals surface area contributed by atoms with E-state index in [0.29, 0.717) is 15.7 Å². The zero-order valence-electron chi connectivity index (χ0n) is 14.9. The van der Waals surface area contributed by atoms with E-state index in [1.54, 1.807) is 49.7 Å². The third-order valence-corrected chi connectivity index (χ3v) is 6.95. The summed E-state index contributed by atoms with van der Waals surface area (Å²) >= 11 is 3.35. The van der Waals surface area contributed by atoms with Crippen molar-refractivity contribution >= 4 is 36.9 Å². The summed E-state index contributed by atoms with van der Waals surface area (Å²) in [4.78, 5) is 2.32. The SMILES string of the molecule is COc1ccc2c(c1)c(CCN(C)C)cn2S(=O)(=O)c1ccccc1Br. The molecule has 0 fully saturated rings. The van der Waals surface area contributed by atoms with Crippen molar-refractivity contribution in [2.45, 2.75) is 11.3 Å². The van der Waals surface area contributed by atoms with Gasteiger partial charge in [0.05, 0.1) is 12.6 Å². The number of aromatic nitrogens is 1. The first-order valence-corrected chi connectivity index (χ1v) is 10.4. The zero-order valence-corrected chi connectivity index (χ0v) is 17.3. The second-order valence-electron chi connectivity index (χ2n) is 6.32. The van der Waals surface area contributed by atoms with E-state index in [9.17, 15) is 8.42 Å². The van der Waals surface area contributed by atoms with Crippen molar-refractivity contribution in [1.82, 2.24) is 8.87 Å². The lowest BCUT2D eigenvalue weighted by atomic mass is 10.1. The Hall–Kier alpha value is -1.83. The van der Waals surface area contributed by atoms with E-state index in [-0.39, 0.29) is 4.90 Å². The van der Waals surface area contributed by atoms with Gasteiger partial charge in [-0.2, -0.15) is 0 Å².